The molecule has 0 fully saturated rings. The van der Waals surface area contributed by atoms with E-state index in [1.54, 1.807) is 0 Å². The Labute approximate surface area is 154 Å². The number of hydrogen-bond donors (Lipinski definition) is 1. The van der Waals surface area contributed by atoms with Crippen molar-refractivity contribution in [3.05, 3.63) is 52.9 Å². The SMILES string of the molecule is C=C(c1c(NC=O)nc(C)n1Cc1ccc(Cl)cc1)N(CC)CCC. The number of benzene rings is 1. The first-order chi connectivity index (χ1) is 12.0. The molecule has 1 amide bonds. The fourth-order valence-corrected chi connectivity index (χ4v) is 3.01. The highest BCUT2D eigenvalue weighted by Gasteiger charge is 2.20. The van der Waals surface area contributed by atoms with Gasteiger partial charge in [0.2, 0.25) is 6.41 Å². The number of aromatic nitrogens is 2. The average molecular weight is 361 g/mol. The van der Waals surface area contributed by atoms with Crippen molar-refractivity contribution in [1.82, 2.24) is 14.5 Å². The summed E-state index contributed by atoms with van der Waals surface area (Å²) in [6.45, 7) is 12.8. The number of anilines is 1. The highest BCUT2D eigenvalue weighted by Crippen LogP contribution is 2.28. The largest absolute Gasteiger partial charge is 0.371 e. The fourth-order valence-electron chi connectivity index (χ4n) is 2.88. The molecule has 5 nitrogen and oxygen atoms in total. The molecule has 0 aliphatic carbocycles. The van der Waals surface area contributed by atoms with Crippen LogP contribution in [0.4, 0.5) is 5.82 Å². The molecule has 0 saturated carbocycles. The second-order valence-corrected chi connectivity index (χ2v) is 6.29. The topological polar surface area (TPSA) is 50.2 Å². The van der Waals surface area contributed by atoms with E-state index in [1.165, 1.54) is 0 Å². The van der Waals surface area contributed by atoms with E-state index in [-0.39, 0.29) is 0 Å². The lowest BCUT2D eigenvalue weighted by molar-refractivity contribution is -0.105. The number of amides is 1. The molecule has 0 radical (unpaired) electrons. The molecule has 0 saturated heterocycles. The van der Waals surface area contributed by atoms with E-state index in [0.717, 1.165) is 42.3 Å². The normalized spacial score (nSPS) is 10.6. The third kappa shape index (κ3) is 4.42. The second kappa shape index (κ2) is 8.72. The molecular formula is C19H25ClN4O. The Morgan fingerprint density at radius 3 is 2.60 bits per heavy atom. The second-order valence-electron chi connectivity index (χ2n) is 5.86. The molecule has 0 unspecified atom stereocenters. The number of carbonyl (C=O) groups excluding carboxylic acids is 1. The van der Waals surface area contributed by atoms with Crippen LogP contribution in [0.3, 0.4) is 0 Å². The zero-order valence-electron chi connectivity index (χ0n) is 15.1. The van der Waals surface area contributed by atoms with Crippen LogP contribution >= 0.6 is 11.6 Å². The van der Waals surface area contributed by atoms with Gasteiger partial charge in [0.05, 0.1) is 5.70 Å². The van der Waals surface area contributed by atoms with Crippen molar-refractivity contribution in [2.24, 2.45) is 0 Å². The lowest BCUT2D eigenvalue weighted by atomic mass is 10.2. The molecule has 1 N–H and O–H groups in total. The van der Waals surface area contributed by atoms with Crippen molar-refractivity contribution in [2.45, 2.75) is 33.7 Å². The Bertz CT molecular complexity index is 737. The summed E-state index contributed by atoms with van der Waals surface area (Å²) >= 11 is 5.98. The fraction of sp³-hybridized carbons (Fsp3) is 0.368. The molecule has 6 heteroatoms. The maximum atomic E-state index is 11.0. The number of imidazole rings is 1. The van der Waals surface area contributed by atoms with E-state index in [0.29, 0.717) is 23.8 Å². The number of carbonyl (C=O) groups is 1. The van der Waals surface area contributed by atoms with E-state index < -0.39 is 0 Å². The zero-order chi connectivity index (χ0) is 18.4. The molecule has 1 aromatic heterocycles. The van der Waals surface area contributed by atoms with Crippen LogP contribution in [-0.2, 0) is 11.3 Å². The number of nitrogens with zero attached hydrogens (tertiary/aromatic N) is 3. The maximum absolute atomic E-state index is 11.0. The van der Waals surface area contributed by atoms with Crippen molar-refractivity contribution in [3.8, 4) is 0 Å². The molecule has 2 aromatic rings. The van der Waals surface area contributed by atoms with E-state index >= 15 is 0 Å². The van der Waals surface area contributed by atoms with Gasteiger partial charge in [0.15, 0.2) is 5.82 Å². The third-order valence-electron chi connectivity index (χ3n) is 4.14. The molecule has 0 aliphatic heterocycles. The van der Waals surface area contributed by atoms with Gasteiger partial charge in [-0.2, -0.15) is 0 Å². The van der Waals surface area contributed by atoms with E-state index in [1.807, 2.05) is 31.2 Å². The summed E-state index contributed by atoms with van der Waals surface area (Å²) in [4.78, 5) is 17.7. The van der Waals surface area contributed by atoms with Gasteiger partial charge in [-0.25, -0.2) is 4.98 Å². The summed E-state index contributed by atoms with van der Waals surface area (Å²) in [7, 11) is 0. The van der Waals surface area contributed by atoms with Crippen molar-refractivity contribution < 1.29 is 4.79 Å². The first-order valence-electron chi connectivity index (χ1n) is 8.47. The van der Waals surface area contributed by atoms with Gasteiger partial charge in [0.1, 0.15) is 11.5 Å². The van der Waals surface area contributed by atoms with Crippen molar-refractivity contribution in [3.63, 3.8) is 0 Å². The van der Waals surface area contributed by atoms with Crippen LogP contribution < -0.4 is 5.32 Å². The van der Waals surface area contributed by atoms with Crippen LogP contribution in [0, 0.1) is 6.92 Å². The van der Waals surface area contributed by atoms with Crippen LogP contribution in [-0.4, -0.2) is 34.0 Å². The van der Waals surface area contributed by atoms with Crippen LogP contribution in [0.15, 0.2) is 30.8 Å². The molecule has 1 heterocycles. The van der Waals surface area contributed by atoms with Gasteiger partial charge < -0.3 is 14.8 Å². The van der Waals surface area contributed by atoms with Gasteiger partial charge in [-0.1, -0.05) is 37.2 Å². The average Bonchev–Trinajstić information content (AvgIpc) is 2.90. The monoisotopic (exact) mass is 360 g/mol. The van der Waals surface area contributed by atoms with Crippen LogP contribution in [0.5, 0.6) is 0 Å². The first kappa shape index (κ1) is 19.1. The summed E-state index contributed by atoms with van der Waals surface area (Å²) in [5.41, 5.74) is 2.81. The molecule has 0 bridgehead atoms. The first-order valence-corrected chi connectivity index (χ1v) is 8.85. The molecule has 1 aromatic carbocycles. The van der Waals surface area contributed by atoms with Crippen molar-refractivity contribution in [1.29, 1.82) is 0 Å². The highest BCUT2D eigenvalue weighted by atomic mass is 35.5. The molecular weight excluding hydrogens is 336 g/mol. The summed E-state index contributed by atoms with van der Waals surface area (Å²) in [5.74, 6) is 1.36. The number of halogens is 1. The van der Waals surface area contributed by atoms with Gasteiger partial charge >= 0.3 is 0 Å². The van der Waals surface area contributed by atoms with Crippen molar-refractivity contribution in [2.75, 3.05) is 18.4 Å². The van der Waals surface area contributed by atoms with Crippen LogP contribution in [0.25, 0.3) is 5.70 Å². The highest BCUT2D eigenvalue weighted by molar-refractivity contribution is 6.30. The Morgan fingerprint density at radius 1 is 1.36 bits per heavy atom. The smallest absolute Gasteiger partial charge is 0.212 e. The molecule has 0 spiro atoms. The number of aryl methyl sites for hydroxylation is 1. The van der Waals surface area contributed by atoms with E-state index in [9.17, 15) is 4.79 Å². The minimum Gasteiger partial charge on any atom is -0.371 e. The zero-order valence-corrected chi connectivity index (χ0v) is 15.8. The lowest BCUT2D eigenvalue weighted by Crippen LogP contribution is -2.24. The number of nitrogens with one attached hydrogen (secondary N) is 1. The van der Waals surface area contributed by atoms with E-state index in [2.05, 4.69) is 40.2 Å². The van der Waals surface area contributed by atoms with Crippen molar-refractivity contribution >= 4 is 29.5 Å². The summed E-state index contributed by atoms with van der Waals surface area (Å²) in [6.07, 6.45) is 1.68. The lowest BCUT2D eigenvalue weighted by Gasteiger charge is -2.26. The van der Waals surface area contributed by atoms with Gasteiger partial charge in [0.25, 0.3) is 0 Å². The van der Waals surface area contributed by atoms with Crippen LogP contribution in [0.1, 0.15) is 37.4 Å². The Morgan fingerprint density at radius 2 is 2.04 bits per heavy atom. The Hall–Kier alpha value is -2.27. The number of rotatable bonds is 9. The van der Waals surface area contributed by atoms with Gasteiger partial charge in [-0.3, -0.25) is 4.79 Å². The van der Waals surface area contributed by atoms with Crippen LogP contribution in [0.2, 0.25) is 5.02 Å². The van der Waals surface area contributed by atoms with Gasteiger partial charge in [-0.05, 0) is 38.0 Å². The Kier molecular flexibility index (Phi) is 6.65. The predicted molar refractivity (Wildman–Crippen MR) is 104 cm³/mol. The summed E-state index contributed by atoms with van der Waals surface area (Å²) in [6, 6.07) is 7.73. The Balaban J connectivity index is 2.45. The quantitative estimate of drug-likeness (QED) is 0.683. The standard InChI is InChI=1S/C19H25ClN4O/c1-5-11-23(6-2)14(3)18-19(21-13-25)22-15(4)24(18)12-16-7-9-17(20)10-8-16/h7-10,13H,3,5-6,11-12H2,1-2,4H3,(H,21,25). The summed E-state index contributed by atoms with van der Waals surface area (Å²) in [5, 5.41) is 3.42. The molecule has 134 valence electrons. The molecule has 0 aliphatic rings. The predicted octanol–water partition coefficient (Wildman–Crippen LogP) is 4.16. The van der Waals surface area contributed by atoms with Gasteiger partial charge in [0, 0.05) is 24.7 Å². The minimum atomic E-state index is 0.543. The number of hydrogen-bond acceptors (Lipinski definition) is 3. The minimum absolute atomic E-state index is 0.543. The summed E-state index contributed by atoms with van der Waals surface area (Å²) < 4.78 is 2.08. The molecule has 2 rings (SSSR count). The molecule has 0 atom stereocenters. The van der Waals surface area contributed by atoms with Gasteiger partial charge in [-0.15, -0.1) is 0 Å². The maximum Gasteiger partial charge on any atom is 0.212 e. The third-order valence-corrected chi connectivity index (χ3v) is 4.39. The molecule has 25 heavy (non-hydrogen) atoms. The van der Waals surface area contributed by atoms with E-state index in [4.69, 9.17) is 11.6 Å².